The fourth-order valence-electron chi connectivity index (χ4n) is 2.85. The highest BCUT2D eigenvalue weighted by atomic mass is 16.5. The molecule has 0 radical (unpaired) electrons. The fraction of sp³-hybridized carbons (Fsp3) is 0.941. The van der Waals surface area contributed by atoms with Gasteiger partial charge in [0.25, 0.3) is 0 Å². The van der Waals surface area contributed by atoms with Gasteiger partial charge >= 0.3 is 0 Å². The normalized spacial score (nSPS) is 21.2. The molecule has 2 unspecified atom stereocenters. The molecule has 0 bridgehead atoms. The number of nitrogens with zero attached hydrogens (tertiary/aromatic N) is 2. The molecular formula is C17H36N4O2. The lowest BCUT2D eigenvalue weighted by Crippen LogP contribution is -2.48. The van der Waals surface area contributed by atoms with Crippen LogP contribution in [0.4, 0.5) is 0 Å². The number of methoxy groups -OCH3 is 1. The Labute approximate surface area is 142 Å². The third-order valence-corrected chi connectivity index (χ3v) is 4.29. The lowest BCUT2D eigenvalue weighted by molar-refractivity contribution is 0.0698. The highest BCUT2D eigenvalue weighted by Gasteiger charge is 2.20. The molecule has 1 aliphatic rings. The molecule has 0 spiro atoms. The third-order valence-electron chi connectivity index (χ3n) is 4.29. The first kappa shape index (κ1) is 20.2. The van der Waals surface area contributed by atoms with Gasteiger partial charge in [-0.2, -0.15) is 0 Å². The molecule has 0 aromatic carbocycles. The summed E-state index contributed by atoms with van der Waals surface area (Å²) in [7, 11) is 3.50. The first-order valence-corrected chi connectivity index (χ1v) is 8.92. The van der Waals surface area contributed by atoms with Crippen LogP contribution in [-0.2, 0) is 9.47 Å². The molecule has 1 saturated heterocycles. The van der Waals surface area contributed by atoms with E-state index in [4.69, 9.17) is 9.47 Å². The maximum atomic E-state index is 5.45. The minimum atomic E-state index is 0.536. The second-order valence-corrected chi connectivity index (χ2v) is 6.43. The van der Waals surface area contributed by atoms with Crippen LogP contribution in [0.5, 0.6) is 0 Å². The topological polar surface area (TPSA) is 58.1 Å². The Morgan fingerprint density at radius 3 is 2.83 bits per heavy atom. The van der Waals surface area contributed by atoms with E-state index in [1.165, 1.54) is 25.9 Å². The predicted molar refractivity (Wildman–Crippen MR) is 96.1 cm³/mol. The largest absolute Gasteiger partial charge is 0.382 e. The molecule has 1 fully saturated rings. The zero-order valence-electron chi connectivity index (χ0n) is 15.4. The average Bonchev–Trinajstić information content (AvgIpc) is 2.56. The van der Waals surface area contributed by atoms with Crippen LogP contribution >= 0.6 is 0 Å². The summed E-state index contributed by atoms with van der Waals surface area (Å²) in [6, 6.07) is 0.536. The molecule has 0 aromatic heterocycles. The van der Waals surface area contributed by atoms with Crippen molar-refractivity contribution < 1.29 is 9.47 Å². The van der Waals surface area contributed by atoms with Crippen LogP contribution in [0.1, 0.15) is 33.1 Å². The summed E-state index contributed by atoms with van der Waals surface area (Å²) in [6.07, 6.45) is 3.65. The van der Waals surface area contributed by atoms with E-state index < -0.39 is 0 Å². The van der Waals surface area contributed by atoms with Crippen LogP contribution in [0.25, 0.3) is 0 Å². The zero-order chi connectivity index (χ0) is 16.9. The number of aliphatic imine (C=N–C) groups is 1. The van der Waals surface area contributed by atoms with Crippen molar-refractivity contribution in [2.45, 2.75) is 39.2 Å². The third kappa shape index (κ3) is 9.13. The number of hydrogen-bond acceptors (Lipinski definition) is 4. The van der Waals surface area contributed by atoms with E-state index in [-0.39, 0.29) is 0 Å². The van der Waals surface area contributed by atoms with Crippen molar-refractivity contribution in [1.82, 2.24) is 15.5 Å². The second-order valence-electron chi connectivity index (χ2n) is 6.43. The Kier molecular flexibility index (Phi) is 11.0. The number of piperidine rings is 1. The summed E-state index contributed by atoms with van der Waals surface area (Å²) < 4.78 is 10.4. The van der Waals surface area contributed by atoms with Crippen LogP contribution in [0, 0.1) is 5.92 Å². The number of hydrogen-bond donors (Lipinski definition) is 2. The van der Waals surface area contributed by atoms with Crippen molar-refractivity contribution in [1.29, 1.82) is 0 Å². The van der Waals surface area contributed by atoms with Gasteiger partial charge in [-0.3, -0.25) is 9.89 Å². The number of guanidine groups is 1. The number of ether oxygens (including phenoxy) is 2. The molecule has 1 rings (SSSR count). The number of likely N-dealkylation sites (tertiary alicyclic amines) is 1. The molecule has 1 heterocycles. The van der Waals surface area contributed by atoms with Crippen molar-refractivity contribution in [3.8, 4) is 0 Å². The Balaban J connectivity index is 2.11. The van der Waals surface area contributed by atoms with Crippen LogP contribution in [0.15, 0.2) is 4.99 Å². The van der Waals surface area contributed by atoms with Crippen molar-refractivity contribution in [3.05, 3.63) is 0 Å². The van der Waals surface area contributed by atoms with Crippen molar-refractivity contribution in [2.75, 3.05) is 60.2 Å². The predicted octanol–water partition coefficient (Wildman–Crippen LogP) is 1.32. The van der Waals surface area contributed by atoms with Crippen LogP contribution in [0.3, 0.4) is 0 Å². The van der Waals surface area contributed by atoms with Gasteiger partial charge < -0.3 is 20.1 Å². The molecule has 0 saturated carbocycles. The molecule has 2 atom stereocenters. The lowest BCUT2D eigenvalue weighted by Gasteiger charge is -2.35. The molecule has 0 aromatic rings. The monoisotopic (exact) mass is 328 g/mol. The summed E-state index contributed by atoms with van der Waals surface area (Å²) in [4.78, 5) is 6.86. The Hall–Kier alpha value is -0.850. The summed E-state index contributed by atoms with van der Waals surface area (Å²) in [6.45, 7) is 10.9. The molecule has 0 amide bonds. The number of nitrogens with one attached hydrogen (secondary N) is 2. The van der Waals surface area contributed by atoms with Gasteiger partial charge in [-0.05, 0) is 38.6 Å². The molecule has 6 nitrogen and oxygen atoms in total. The Morgan fingerprint density at radius 2 is 2.13 bits per heavy atom. The standard InChI is InChI=1S/C17H36N4O2/c1-15-7-5-9-21(14-15)16(2)13-20-17(18-3)19-8-6-10-23-12-11-22-4/h15-16H,5-14H2,1-4H3,(H2,18,19,20). The summed E-state index contributed by atoms with van der Waals surface area (Å²) in [5.41, 5.74) is 0. The van der Waals surface area contributed by atoms with E-state index in [9.17, 15) is 0 Å². The number of rotatable bonds is 10. The van der Waals surface area contributed by atoms with Gasteiger partial charge in [-0.25, -0.2) is 0 Å². The molecule has 1 aliphatic heterocycles. The van der Waals surface area contributed by atoms with Gasteiger partial charge in [0.05, 0.1) is 13.2 Å². The lowest BCUT2D eigenvalue weighted by atomic mass is 9.99. The molecule has 0 aliphatic carbocycles. The van der Waals surface area contributed by atoms with Crippen LogP contribution in [0.2, 0.25) is 0 Å². The molecule has 23 heavy (non-hydrogen) atoms. The second kappa shape index (κ2) is 12.6. The van der Waals surface area contributed by atoms with E-state index in [0.29, 0.717) is 19.3 Å². The maximum absolute atomic E-state index is 5.45. The maximum Gasteiger partial charge on any atom is 0.191 e. The summed E-state index contributed by atoms with van der Waals surface area (Å²) in [5.74, 6) is 1.69. The van der Waals surface area contributed by atoms with Crippen molar-refractivity contribution in [2.24, 2.45) is 10.9 Å². The van der Waals surface area contributed by atoms with E-state index >= 15 is 0 Å². The quantitative estimate of drug-likeness (QED) is 0.360. The fourth-order valence-corrected chi connectivity index (χ4v) is 2.85. The summed E-state index contributed by atoms with van der Waals surface area (Å²) >= 11 is 0. The van der Waals surface area contributed by atoms with Crippen LogP contribution < -0.4 is 10.6 Å². The minimum absolute atomic E-state index is 0.536. The molecule has 2 N–H and O–H groups in total. The van der Waals surface area contributed by atoms with E-state index in [2.05, 4.69) is 34.4 Å². The Morgan fingerprint density at radius 1 is 1.30 bits per heavy atom. The van der Waals surface area contributed by atoms with Gasteiger partial charge in [0.15, 0.2) is 5.96 Å². The van der Waals surface area contributed by atoms with Crippen LogP contribution in [-0.4, -0.2) is 77.1 Å². The van der Waals surface area contributed by atoms with Gasteiger partial charge in [-0.15, -0.1) is 0 Å². The highest BCUT2D eigenvalue weighted by molar-refractivity contribution is 5.79. The molecule has 6 heteroatoms. The average molecular weight is 329 g/mol. The summed E-state index contributed by atoms with van der Waals surface area (Å²) in [5, 5.41) is 6.77. The highest BCUT2D eigenvalue weighted by Crippen LogP contribution is 2.17. The molecular weight excluding hydrogens is 292 g/mol. The van der Waals surface area contributed by atoms with Crippen molar-refractivity contribution >= 4 is 5.96 Å². The van der Waals surface area contributed by atoms with Crippen molar-refractivity contribution in [3.63, 3.8) is 0 Å². The first-order chi connectivity index (χ1) is 11.2. The SMILES string of the molecule is CN=C(NCCCOCCOC)NCC(C)N1CCCC(C)C1. The zero-order valence-corrected chi connectivity index (χ0v) is 15.4. The minimum Gasteiger partial charge on any atom is -0.382 e. The van der Waals surface area contributed by atoms with E-state index in [0.717, 1.165) is 38.0 Å². The van der Waals surface area contributed by atoms with E-state index in [1.54, 1.807) is 7.11 Å². The van der Waals surface area contributed by atoms with Gasteiger partial charge in [0.2, 0.25) is 0 Å². The van der Waals surface area contributed by atoms with Gasteiger partial charge in [0, 0.05) is 46.4 Å². The molecule has 136 valence electrons. The Bertz CT molecular complexity index is 326. The van der Waals surface area contributed by atoms with E-state index in [1.807, 2.05) is 7.05 Å². The van der Waals surface area contributed by atoms with Gasteiger partial charge in [-0.1, -0.05) is 6.92 Å². The smallest absolute Gasteiger partial charge is 0.191 e. The first-order valence-electron chi connectivity index (χ1n) is 8.92. The van der Waals surface area contributed by atoms with Gasteiger partial charge in [0.1, 0.15) is 0 Å².